The average molecular weight is 551 g/mol. The lowest BCUT2D eigenvalue weighted by atomic mass is 9.70. The third-order valence-electron chi connectivity index (χ3n) is 7.22. The third-order valence-corrected chi connectivity index (χ3v) is 10.4. The maximum absolute atomic E-state index is 13.7. The van der Waals surface area contributed by atoms with Gasteiger partial charge in [-0.15, -0.1) is 16.9 Å². The largest absolute Gasteiger partial charge is 0.396 e. The van der Waals surface area contributed by atoms with E-state index >= 15 is 0 Å². The first-order valence-corrected chi connectivity index (χ1v) is 13.2. The standard InChI is InChI=1S/C22H27BrN6O4S/c1-24-19(31)15-16-21(33)28(8-4-5-9-30)18(22(16)10-12(23)17(15)34-22)20(32)25-11-29-14-7-3-2-6-13(14)26-27-29/h2-3,6-7,12,15-18,30H,4-5,8-11H2,1H3,(H,24,31)(H,25,32)/t12?,15-,16+,17-,18?,22?/m1/s1. The lowest BCUT2D eigenvalue weighted by molar-refractivity contribution is -0.140. The van der Waals surface area contributed by atoms with Gasteiger partial charge in [0.25, 0.3) is 0 Å². The summed E-state index contributed by atoms with van der Waals surface area (Å²) in [5, 5.41) is 23.1. The van der Waals surface area contributed by atoms with Gasteiger partial charge in [-0.2, -0.15) is 0 Å². The predicted molar refractivity (Wildman–Crippen MR) is 130 cm³/mol. The van der Waals surface area contributed by atoms with E-state index in [9.17, 15) is 19.5 Å². The number of hydrogen-bond acceptors (Lipinski definition) is 7. The summed E-state index contributed by atoms with van der Waals surface area (Å²) in [7, 11) is 1.58. The maximum Gasteiger partial charge on any atom is 0.245 e. The number of unbranched alkanes of at least 4 members (excludes halogenated alkanes) is 1. The van der Waals surface area contributed by atoms with E-state index < -0.39 is 22.6 Å². The molecule has 2 bridgehead atoms. The first-order chi connectivity index (χ1) is 16.4. The molecule has 10 nitrogen and oxygen atoms in total. The van der Waals surface area contributed by atoms with Gasteiger partial charge < -0.3 is 20.6 Å². The molecule has 3 saturated heterocycles. The highest BCUT2D eigenvalue weighted by molar-refractivity contribution is 9.09. The van der Waals surface area contributed by atoms with Crippen molar-refractivity contribution in [3.63, 3.8) is 0 Å². The molecule has 3 aliphatic heterocycles. The molecular weight excluding hydrogens is 524 g/mol. The number of rotatable bonds is 8. The van der Waals surface area contributed by atoms with Gasteiger partial charge in [0.05, 0.1) is 22.1 Å². The van der Waals surface area contributed by atoms with Crippen molar-refractivity contribution in [2.45, 2.75) is 46.8 Å². The Kier molecular flexibility index (Phi) is 6.32. The molecule has 0 saturated carbocycles. The monoisotopic (exact) mass is 550 g/mol. The number of nitrogens with zero attached hydrogens (tertiary/aromatic N) is 4. The number of aliphatic hydroxyl groups excluding tert-OH is 1. The van der Waals surface area contributed by atoms with Crippen LogP contribution in [0, 0.1) is 11.8 Å². The number of para-hydroxylation sites is 1. The third kappa shape index (κ3) is 3.53. The van der Waals surface area contributed by atoms with Crippen LogP contribution in [0.4, 0.5) is 0 Å². The molecule has 34 heavy (non-hydrogen) atoms. The minimum absolute atomic E-state index is 0.0218. The van der Waals surface area contributed by atoms with Gasteiger partial charge in [-0.1, -0.05) is 33.3 Å². The van der Waals surface area contributed by atoms with Crippen LogP contribution in [0.5, 0.6) is 0 Å². The van der Waals surface area contributed by atoms with E-state index in [1.165, 1.54) is 0 Å². The Balaban J connectivity index is 1.44. The number of amides is 3. The quantitative estimate of drug-likeness (QED) is 0.322. The van der Waals surface area contributed by atoms with Crippen molar-refractivity contribution in [3.05, 3.63) is 24.3 Å². The lowest BCUT2D eigenvalue weighted by Crippen LogP contribution is -2.54. The van der Waals surface area contributed by atoms with Crippen LogP contribution in [-0.4, -0.2) is 83.8 Å². The number of likely N-dealkylation sites (tertiary alicyclic amines) is 1. The minimum atomic E-state index is -0.705. The normalized spacial score (nSPS) is 31.8. The summed E-state index contributed by atoms with van der Waals surface area (Å²) in [6.45, 7) is 0.509. The van der Waals surface area contributed by atoms with Crippen LogP contribution in [0.2, 0.25) is 0 Å². The van der Waals surface area contributed by atoms with E-state index in [-0.39, 0.29) is 41.1 Å². The van der Waals surface area contributed by atoms with E-state index in [0.29, 0.717) is 25.8 Å². The Bertz CT molecular complexity index is 1130. The fourth-order valence-electron chi connectivity index (χ4n) is 5.81. The summed E-state index contributed by atoms with van der Waals surface area (Å²) in [5.41, 5.74) is 1.54. The number of nitrogens with one attached hydrogen (secondary N) is 2. The molecule has 0 radical (unpaired) electrons. The Hall–Kier alpha value is -2.18. The number of carbonyl (C=O) groups excluding carboxylic acids is 3. The number of hydrogen-bond donors (Lipinski definition) is 3. The van der Waals surface area contributed by atoms with Gasteiger partial charge in [0.1, 0.15) is 18.2 Å². The second-order valence-electron chi connectivity index (χ2n) is 9.02. The number of fused-ring (bicyclic) bond motifs is 2. The van der Waals surface area contributed by atoms with Crippen molar-refractivity contribution in [1.29, 1.82) is 0 Å². The minimum Gasteiger partial charge on any atom is -0.396 e. The van der Waals surface area contributed by atoms with E-state index in [1.54, 1.807) is 28.4 Å². The zero-order valence-corrected chi connectivity index (χ0v) is 21.1. The Morgan fingerprint density at radius 2 is 2.09 bits per heavy atom. The fourth-order valence-corrected chi connectivity index (χ4v) is 9.43. The van der Waals surface area contributed by atoms with E-state index in [1.807, 2.05) is 24.3 Å². The van der Waals surface area contributed by atoms with Crippen LogP contribution < -0.4 is 10.6 Å². The van der Waals surface area contributed by atoms with Gasteiger partial charge in [0.2, 0.25) is 17.7 Å². The van der Waals surface area contributed by atoms with Crippen molar-refractivity contribution in [2.24, 2.45) is 11.8 Å². The molecule has 182 valence electrons. The number of thioether (sulfide) groups is 1. The second-order valence-corrected chi connectivity index (χ2v) is 11.7. The van der Waals surface area contributed by atoms with Gasteiger partial charge >= 0.3 is 0 Å². The van der Waals surface area contributed by atoms with E-state index in [0.717, 1.165) is 11.0 Å². The molecule has 0 aliphatic carbocycles. The molecule has 1 aromatic carbocycles. The highest BCUT2D eigenvalue weighted by Crippen LogP contribution is 2.67. The van der Waals surface area contributed by atoms with Crippen LogP contribution in [0.1, 0.15) is 19.3 Å². The van der Waals surface area contributed by atoms with Crippen molar-refractivity contribution in [1.82, 2.24) is 30.5 Å². The Labute approximate surface area is 209 Å². The molecule has 3 N–H and O–H groups in total. The summed E-state index contributed by atoms with van der Waals surface area (Å²) < 4.78 is 0.940. The molecule has 12 heteroatoms. The lowest BCUT2D eigenvalue weighted by Gasteiger charge is -2.35. The topological polar surface area (TPSA) is 129 Å². The molecule has 3 unspecified atom stereocenters. The first-order valence-electron chi connectivity index (χ1n) is 11.4. The molecule has 5 rings (SSSR count). The zero-order valence-electron chi connectivity index (χ0n) is 18.7. The number of aliphatic hydroxyl groups is 1. The molecule has 3 aliphatic rings. The number of benzene rings is 1. The molecule has 3 amide bonds. The van der Waals surface area contributed by atoms with Gasteiger partial charge in [-0.25, -0.2) is 4.68 Å². The molecule has 4 heterocycles. The van der Waals surface area contributed by atoms with Crippen LogP contribution >= 0.6 is 27.7 Å². The molecule has 1 aromatic heterocycles. The second kappa shape index (κ2) is 9.12. The van der Waals surface area contributed by atoms with Crippen molar-refractivity contribution in [3.8, 4) is 0 Å². The van der Waals surface area contributed by atoms with Crippen LogP contribution in [0.15, 0.2) is 24.3 Å². The summed E-state index contributed by atoms with van der Waals surface area (Å²) in [6.07, 6.45) is 1.75. The van der Waals surface area contributed by atoms with Gasteiger partial charge in [-0.05, 0) is 31.4 Å². The van der Waals surface area contributed by atoms with Gasteiger partial charge in [0.15, 0.2) is 0 Å². The average Bonchev–Trinajstić information content (AvgIpc) is 3.55. The van der Waals surface area contributed by atoms with Crippen molar-refractivity contribution < 1.29 is 19.5 Å². The molecule has 6 atom stereocenters. The first kappa shape index (κ1) is 23.6. The number of carbonyl (C=O) groups is 3. The summed E-state index contributed by atoms with van der Waals surface area (Å²) in [4.78, 5) is 41.9. The van der Waals surface area contributed by atoms with Crippen LogP contribution in [0.25, 0.3) is 11.0 Å². The van der Waals surface area contributed by atoms with Crippen molar-refractivity contribution in [2.75, 3.05) is 20.2 Å². The summed E-state index contributed by atoms with van der Waals surface area (Å²) in [6, 6.07) is 6.79. The highest BCUT2D eigenvalue weighted by Gasteiger charge is 2.75. The van der Waals surface area contributed by atoms with Gasteiger partial charge in [0, 0.05) is 30.3 Å². The number of alkyl halides is 1. The van der Waals surface area contributed by atoms with Gasteiger partial charge in [-0.3, -0.25) is 14.4 Å². The summed E-state index contributed by atoms with van der Waals surface area (Å²) in [5.74, 6) is -1.60. The van der Waals surface area contributed by atoms with E-state index in [2.05, 4.69) is 36.9 Å². The highest BCUT2D eigenvalue weighted by atomic mass is 79.9. The number of halogens is 1. The molecular formula is C22H27BrN6O4S. The fraction of sp³-hybridized carbons (Fsp3) is 0.591. The SMILES string of the molecule is CNC(=O)[C@H]1[C@@H]2SC3(CC2Br)C(C(=O)NCn2nnc4ccccc42)N(CCCCO)C(=O)[C@H]13. The Morgan fingerprint density at radius 3 is 2.85 bits per heavy atom. The maximum atomic E-state index is 13.7. The summed E-state index contributed by atoms with van der Waals surface area (Å²) >= 11 is 5.33. The zero-order chi connectivity index (χ0) is 24.0. The Morgan fingerprint density at radius 1 is 1.29 bits per heavy atom. The predicted octanol–water partition coefficient (Wildman–Crippen LogP) is 0.488. The molecule has 1 spiro atoms. The van der Waals surface area contributed by atoms with E-state index in [4.69, 9.17) is 0 Å². The van der Waals surface area contributed by atoms with Crippen LogP contribution in [0.3, 0.4) is 0 Å². The smallest absolute Gasteiger partial charge is 0.245 e. The molecule has 3 fully saturated rings. The van der Waals surface area contributed by atoms with Crippen LogP contribution in [-0.2, 0) is 21.1 Å². The molecule has 2 aromatic rings. The van der Waals surface area contributed by atoms with Crippen molar-refractivity contribution >= 4 is 56.4 Å². The number of aromatic nitrogens is 3.